The van der Waals surface area contributed by atoms with Gasteiger partial charge in [-0.1, -0.05) is 0 Å². The van der Waals surface area contributed by atoms with Crippen LogP contribution in [0.2, 0.25) is 0 Å². The first-order valence-electron chi connectivity index (χ1n) is 2.98. The van der Waals surface area contributed by atoms with E-state index >= 15 is 0 Å². The van der Waals surface area contributed by atoms with E-state index in [0.29, 0.717) is 0 Å². The van der Waals surface area contributed by atoms with Crippen LogP contribution >= 0.6 is 64.6 Å². The molecule has 13 heavy (non-hydrogen) atoms. The number of hydrogen-bond acceptors (Lipinski definition) is 3. The second-order valence-electron chi connectivity index (χ2n) is 1.80. The summed E-state index contributed by atoms with van der Waals surface area (Å²) < 4.78 is 20.2. The average molecular weight is 310 g/mol. The third-order valence-corrected chi connectivity index (χ3v) is 2.71. The number of alkyl halides is 4. The van der Waals surface area contributed by atoms with Gasteiger partial charge in [0.1, 0.15) is 9.67 Å². The Kier molecular flexibility index (Phi) is 7.83. The zero-order chi connectivity index (χ0) is 10.5. The number of rotatable bonds is 6. The topological polar surface area (TPSA) is 35.5 Å². The van der Waals surface area contributed by atoms with E-state index in [1.807, 2.05) is 0 Å². The Hall–Kier alpha value is 1.60. The van der Waals surface area contributed by atoms with Gasteiger partial charge in [-0.15, -0.1) is 46.4 Å². The Morgan fingerprint density at radius 1 is 1.00 bits per heavy atom. The van der Waals surface area contributed by atoms with Gasteiger partial charge in [0.05, 0.1) is 13.2 Å². The first-order chi connectivity index (χ1) is 5.83. The van der Waals surface area contributed by atoms with Crippen molar-refractivity contribution in [3.05, 3.63) is 0 Å². The summed E-state index contributed by atoms with van der Waals surface area (Å²) in [4.78, 5) is -1.64. The predicted octanol–water partition coefficient (Wildman–Crippen LogP) is 3.97. The van der Waals surface area contributed by atoms with Crippen molar-refractivity contribution in [2.24, 2.45) is 0 Å². The summed E-state index contributed by atoms with van der Waals surface area (Å²) in [5.41, 5.74) is 0. The summed E-state index contributed by atoms with van der Waals surface area (Å²) in [6.07, 6.45) is 0. The highest BCUT2D eigenvalue weighted by Gasteiger charge is 2.23. The predicted molar refractivity (Wildman–Crippen MR) is 56.4 cm³/mol. The van der Waals surface area contributed by atoms with Crippen molar-refractivity contribution in [3.8, 4) is 0 Å². The third kappa shape index (κ3) is 9.89. The molecule has 0 radical (unpaired) electrons. The minimum atomic E-state index is -3.67. The van der Waals surface area contributed by atoms with Gasteiger partial charge >= 0.3 is 6.95 Å². The molecular weight excluding hydrogens is 304 g/mol. The molecule has 0 aromatic heterocycles. The van der Waals surface area contributed by atoms with Crippen LogP contribution in [0.25, 0.3) is 0 Å². The lowest BCUT2D eigenvalue weighted by Gasteiger charge is -2.11. The molecule has 0 N–H and O–H groups in total. The molecule has 0 aliphatic carbocycles. The number of hydrogen-bond donors (Lipinski definition) is 0. The molecular formula is C4H6Cl5O3P. The van der Waals surface area contributed by atoms with E-state index in [2.05, 4.69) is 9.05 Å². The Labute approximate surface area is 101 Å². The Balaban J connectivity index is 3.74. The second-order valence-corrected chi connectivity index (χ2v) is 6.98. The van der Waals surface area contributed by atoms with Crippen LogP contribution in [-0.4, -0.2) is 22.9 Å². The van der Waals surface area contributed by atoms with Gasteiger partial charge in [0.15, 0.2) is 0 Å². The summed E-state index contributed by atoms with van der Waals surface area (Å²) in [5.74, 6) is 0. The molecule has 0 rings (SSSR count). The molecule has 0 aromatic carbocycles. The van der Waals surface area contributed by atoms with E-state index in [-0.39, 0.29) is 13.2 Å². The van der Waals surface area contributed by atoms with E-state index in [9.17, 15) is 4.57 Å². The molecule has 0 saturated heterocycles. The van der Waals surface area contributed by atoms with Gasteiger partial charge in [0.25, 0.3) is 0 Å². The first kappa shape index (κ1) is 14.6. The zero-order valence-corrected chi connectivity index (χ0v) is 10.8. The molecule has 0 aliphatic heterocycles. The summed E-state index contributed by atoms with van der Waals surface area (Å²) >= 11 is 26.5. The van der Waals surface area contributed by atoms with Crippen molar-refractivity contribution in [1.29, 1.82) is 0 Å². The summed E-state index contributed by atoms with van der Waals surface area (Å²) in [7, 11) is 0. The van der Waals surface area contributed by atoms with Crippen molar-refractivity contribution in [3.63, 3.8) is 0 Å². The minimum Gasteiger partial charge on any atom is -0.294 e. The maximum Gasteiger partial charge on any atom is 0.424 e. The fourth-order valence-electron chi connectivity index (χ4n) is 0.328. The highest BCUT2D eigenvalue weighted by molar-refractivity contribution is 7.81. The average Bonchev–Trinajstić information content (AvgIpc) is 1.98. The van der Waals surface area contributed by atoms with E-state index in [4.69, 9.17) is 57.6 Å². The molecule has 0 bridgehead atoms. The maximum atomic E-state index is 11.1. The van der Waals surface area contributed by atoms with E-state index in [1.165, 1.54) is 0 Å². The maximum absolute atomic E-state index is 11.1. The van der Waals surface area contributed by atoms with Crippen LogP contribution in [0.5, 0.6) is 0 Å². The van der Waals surface area contributed by atoms with Crippen molar-refractivity contribution in [2.75, 3.05) is 13.2 Å². The lowest BCUT2D eigenvalue weighted by Crippen LogP contribution is -2.03. The normalized spacial score (nSPS) is 12.8. The van der Waals surface area contributed by atoms with E-state index < -0.39 is 16.6 Å². The molecule has 0 amide bonds. The standard InChI is InChI=1S/C4H6Cl5O3P/c5-3(6)1-11-13(9,10)12-2-4(7)8/h3-4H,1-2H2. The molecule has 0 aliphatic rings. The van der Waals surface area contributed by atoms with Gasteiger partial charge in [0.2, 0.25) is 0 Å². The van der Waals surface area contributed by atoms with Crippen molar-refractivity contribution in [2.45, 2.75) is 9.67 Å². The van der Waals surface area contributed by atoms with E-state index in [0.717, 1.165) is 0 Å². The molecule has 0 unspecified atom stereocenters. The van der Waals surface area contributed by atoms with Crippen LogP contribution < -0.4 is 0 Å². The summed E-state index contributed by atoms with van der Waals surface area (Å²) in [6, 6.07) is 0. The zero-order valence-electron chi connectivity index (χ0n) is 6.13. The van der Waals surface area contributed by atoms with Gasteiger partial charge < -0.3 is 0 Å². The molecule has 80 valence electrons. The molecule has 9 heteroatoms. The lowest BCUT2D eigenvalue weighted by atomic mass is 10.9. The van der Waals surface area contributed by atoms with Crippen LogP contribution in [0.4, 0.5) is 0 Å². The monoisotopic (exact) mass is 308 g/mol. The fourth-order valence-corrected chi connectivity index (χ4v) is 2.00. The van der Waals surface area contributed by atoms with Gasteiger partial charge in [-0.2, -0.15) is 0 Å². The van der Waals surface area contributed by atoms with Crippen LogP contribution in [0.15, 0.2) is 0 Å². The first-order valence-corrected chi connectivity index (χ1v) is 7.18. The Morgan fingerprint density at radius 3 is 1.54 bits per heavy atom. The van der Waals surface area contributed by atoms with Crippen LogP contribution in [0.3, 0.4) is 0 Å². The molecule has 0 saturated carbocycles. The van der Waals surface area contributed by atoms with Crippen LogP contribution in [0.1, 0.15) is 0 Å². The second kappa shape index (κ2) is 6.97. The highest BCUT2D eigenvalue weighted by Crippen LogP contribution is 2.54. The summed E-state index contributed by atoms with van der Waals surface area (Å²) in [6.45, 7) is -4.06. The van der Waals surface area contributed by atoms with Crippen molar-refractivity contribution in [1.82, 2.24) is 0 Å². The molecule has 0 atom stereocenters. The Bertz CT molecular complexity index is 171. The molecule has 3 nitrogen and oxygen atoms in total. The van der Waals surface area contributed by atoms with Gasteiger partial charge in [0, 0.05) is 11.2 Å². The third-order valence-electron chi connectivity index (χ3n) is 0.709. The molecule has 0 fully saturated rings. The van der Waals surface area contributed by atoms with E-state index in [1.54, 1.807) is 0 Å². The number of halogens is 5. The summed E-state index contributed by atoms with van der Waals surface area (Å²) in [5, 5.41) is 0. The van der Waals surface area contributed by atoms with Gasteiger partial charge in [-0.3, -0.25) is 9.05 Å². The lowest BCUT2D eigenvalue weighted by molar-refractivity contribution is 0.231. The van der Waals surface area contributed by atoms with Crippen LogP contribution in [0, 0.1) is 0 Å². The molecule has 0 heterocycles. The minimum absolute atomic E-state index is 0.195. The van der Waals surface area contributed by atoms with Crippen LogP contribution in [-0.2, 0) is 13.6 Å². The molecule has 0 spiro atoms. The molecule has 0 aromatic rings. The Morgan fingerprint density at radius 2 is 1.31 bits per heavy atom. The fraction of sp³-hybridized carbons (Fsp3) is 1.00. The largest absolute Gasteiger partial charge is 0.424 e. The quantitative estimate of drug-likeness (QED) is 0.550. The van der Waals surface area contributed by atoms with Crippen molar-refractivity contribution < 1.29 is 13.6 Å². The van der Waals surface area contributed by atoms with Gasteiger partial charge in [-0.25, -0.2) is 4.57 Å². The van der Waals surface area contributed by atoms with Gasteiger partial charge in [-0.05, 0) is 0 Å². The smallest absolute Gasteiger partial charge is 0.294 e. The highest BCUT2D eigenvalue weighted by atomic mass is 35.7. The SMILES string of the molecule is O=P(Cl)(OCC(Cl)Cl)OCC(Cl)Cl. The van der Waals surface area contributed by atoms with Crippen molar-refractivity contribution >= 4 is 64.6 Å².